The molecule has 1 aromatic heterocycles. The van der Waals surface area contributed by atoms with E-state index < -0.39 is 5.82 Å². The third-order valence-electron chi connectivity index (χ3n) is 5.32. The number of aromatic nitrogens is 2. The van der Waals surface area contributed by atoms with E-state index in [-0.39, 0.29) is 24.6 Å². The highest BCUT2D eigenvalue weighted by molar-refractivity contribution is 7.98. The van der Waals surface area contributed by atoms with Gasteiger partial charge in [0.05, 0.1) is 24.6 Å². The summed E-state index contributed by atoms with van der Waals surface area (Å²) in [5, 5.41) is 1.19. The quantitative estimate of drug-likeness (QED) is 0.274. The van der Waals surface area contributed by atoms with E-state index in [1.807, 2.05) is 24.3 Å². The molecule has 4 aromatic rings. The number of benzene rings is 3. The summed E-state index contributed by atoms with van der Waals surface area (Å²) in [4.78, 5) is 18.2. The van der Waals surface area contributed by atoms with Crippen molar-refractivity contribution in [3.05, 3.63) is 86.9 Å². The molecular formula is C24H18ClFN2O4S. The van der Waals surface area contributed by atoms with Crippen molar-refractivity contribution < 1.29 is 18.6 Å². The first-order valence-electron chi connectivity index (χ1n) is 10.1. The van der Waals surface area contributed by atoms with E-state index >= 15 is 0 Å². The van der Waals surface area contributed by atoms with E-state index in [1.165, 1.54) is 17.8 Å². The Morgan fingerprint density at radius 2 is 1.91 bits per heavy atom. The number of ether oxygens (including phenoxy) is 3. The molecule has 0 saturated carbocycles. The molecule has 0 atom stereocenters. The lowest BCUT2D eigenvalue weighted by Crippen LogP contribution is -2.24. The van der Waals surface area contributed by atoms with Crippen LogP contribution in [0.1, 0.15) is 11.1 Å². The van der Waals surface area contributed by atoms with Crippen LogP contribution >= 0.6 is 23.4 Å². The van der Waals surface area contributed by atoms with Crippen molar-refractivity contribution >= 4 is 34.3 Å². The Morgan fingerprint density at radius 3 is 2.64 bits per heavy atom. The van der Waals surface area contributed by atoms with Crippen molar-refractivity contribution in [2.45, 2.75) is 17.5 Å². The summed E-state index contributed by atoms with van der Waals surface area (Å²) in [5.74, 6) is 1.59. The maximum atomic E-state index is 14.3. The van der Waals surface area contributed by atoms with E-state index in [4.69, 9.17) is 30.8 Å². The van der Waals surface area contributed by atoms with Gasteiger partial charge in [-0.3, -0.25) is 9.36 Å². The maximum Gasteiger partial charge on any atom is 0.262 e. The van der Waals surface area contributed by atoms with Gasteiger partial charge in [0.25, 0.3) is 5.56 Å². The summed E-state index contributed by atoms with van der Waals surface area (Å²) in [5.41, 5.74) is 1.51. The molecule has 6 nitrogen and oxygen atoms in total. The molecule has 2 heterocycles. The molecule has 0 unspecified atom stereocenters. The number of hydrogen-bond donors (Lipinski definition) is 0. The summed E-state index contributed by atoms with van der Waals surface area (Å²) in [6, 6.07) is 15.3. The Bertz CT molecular complexity index is 1390. The van der Waals surface area contributed by atoms with Crippen molar-refractivity contribution in [2.75, 3.05) is 13.9 Å². The van der Waals surface area contributed by atoms with Gasteiger partial charge in [-0.1, -0.05) is 41.6 Å². The van der Waals surface area contributed by atoms with Crippen LogP contribution in [0.5, 0.6) is 17.2 Å². The van der Waals surface area contributed by atoms with Gasteiger partial charge in [-0.2, -0.15) is 0 Å². The molecule has 1 aliphatic heterocycles. The average molecular weight is 485 g/mol. The fourth-order valence-corrected chi connectivity index (χ4v) is 4.90. The Balaban J connectivity index is 1.59. The highest BCUT2D eigenvalue weighted by Gasteiger charge is 2.20. The van der Waals surface area contributed by atoms with Crippen LogP contribution < -0.4 is 19.8 Å². The van der Waals surface area contributed by atoms with Crippen molar-refractivity contribution in [1.82, 2.24) is 9.55 Å². The van der Waals surface area contributed by atoms with Gasteiger partial charge in [0.2, 0.25) is 6.79 Å². The van der Waals surface area contributed by atoms with Gasteiger partial charge in [0.1, 0.15) is 11.6 Å². The molecule has 0 spiro atoms. The molecule has 9 heteroatoms. The minimum atomic E-state index is -0.400. The monoisotopic (exact) mass is 484 g/mol. The van der Waals surface area contributed by atoms with E-state index in [1.54, 1.807) is 35.9 Å². The summed E-state index contributed by atoms with van der Waals surface area (Å²) >= 11 is 7.45. The van der Waals surface area contributed by atoms with Crippen LogP contribution in [0.3, 0.4) is 0 Å². The van der Waals surface area contributed by atoms with Gasteiger partial charge >= 0.3 is 0 Å². The fraction of sp³-hybridized carbons (Fsp3) is 0.167. The Hall–Kier alpha value is -3.23. The van der Waals surface area contributed by atoms with Gasteiger partial charge in [0, 0.05) is 22.4 Å². The van der Waals surface area contributed by atoms with Crippen molar-refractivity contribution in [3.8, 4) is 17.2 Å². The zero-order valence-electron chi connectivity index (χ0n) is 17.5. The van der Waals surface area contributed by atoms with E-state index in [0.717, 1.165) is 11.3 Å². The zero-order chi connectivity index (χ0) is 22.9. The Morgan fingerprint density at radius 1 is 1.15 bits per heavy atom. The standard InChI is InChI=1S/C24H18ClFN2O4S/c1-30-15-7-5-14(6-8-15)11-28-23(29)16-9-21-22(32-13-31-21)10-20(16)27-24(28)33-12-17-18(25)3-2-4-19(17)26/h2-10H,11-13H2,1H3. The smallest absolute Gasteiger partial charge is 0.262 e. The predicted octanol–water partition coefficient (Wildman–Crippen LogP) is 5.27. The number of rotatable bonds is 6. The average Bonchev–Trinajstić information content (AvgIpc) is 3.28. The minimum Gasteiger partial charge on any atom is -0.497 e. The first-order chi connectivity index (χ1) is 16.0. The van der Waals surface area contributed by atoms with Crippen molar-refractivity contribution in [1.29, 1.82) is 0 Å². The molecule has 168 valence electrons. The third-order valence-corrected chi connectivity index (χ3v) is 6.68. The largest absolute Gasteiger partial charge is 0.497 e. The first-order valence-corrected chi connectivity index (χ1v) is 11.4. The molecular weight excluding hydrogens is 467 g/mol. The molecule has 0 saturated heterocycles. The lowest BCUT2D eigenvalue weighted by Gasteiger charge is -2.14. The zero-order valence-corrected chi connectivity index (χ0v) is 19.1. The van der Waals surface area contributed by atoms with E-state index in [0.29, 0.717) is 38.1 Å². The number of halogens is 2. The molecule has 0 N–H and O–H groups in total. The summed E-state index contributed by atoms with van der Waals surface area (Å²) in [7, 11) is 1.60. The van der Waals surface area contributed by atoms with Gasteiger partial charge < -0.3 is 14.2 Å². The highest BCUT2D eigenvalue weighted by atomic mass is 35.5. The van der Waals surface area contributed by atoms with Gasteiger partial charge in [-0.25, -0.2) is 9.37 Å². The van der Waals surface area contributed by atoms with Crippen LogP contribution in [0.2, 0.25) is 5.02 Å². The molecule has 1 aliphatic rings. The van der Waals surface area contributed by atoms with Crippen LogP contribution in [0.4, 0.5) is 4.39 Å². The third kappa shape index (κ3) is 4.24. The van der Waals surface area contributed by atoms with E-state index in [9.17, 15) is 9.18 Å². The van der Waals surface area contributed by atoms with Crippen molar-refractivity contribution in [2.24, 2.45) is 0 Å². The lowest BCUT2D eigenvalue weighted by molar-refractivity contribution is 0.174. The second-order valence-corrected chi connectivity index (χ2v) is 8.69. The Labute approximate surface area is 197 Å². The second kappa shape index (κ2) is 8.96. The number of methoxy groups -OCH3 is 1. The molecule has 0 amide bonds. The normalized spacial score (nSPS) is 12.3. The number of thioether (sulfide) groups is 1. The molecule has 0 radical (unpaired) electrons. The number of fused-ring (bicyclic) bond motifs is 2. The van der Waals surface area contributed by atoms with Gasteiger partial charge in [0.15, 0.2) is 16.7 Å². The molecule has 0 fully saturated rings. The molecule has 5 rings (SSSR count). The topological polar surface area (TPSA) is 62.6 Å². The summed E-state index contributed by atoms with van der Waals surface area (Å²) in [6.45, 7) is 0.382. The number of hydrogen-bond acceptors (Lipinski definition) is 6. The minimum absolute atomic E-state index is 0.0963. The molecule has 0 bridgehead atoms. The SMILES string of the molecule is COc1ccc(Cn2c(SCc3c(F)cccc3Cl)nc3cc4c(cc3c2=O)OCO4)cc1. The van der Waals surface area contributed by atoms with Crippen LogP contribution in [-0.4, -0.2) is 23.5 Å². The van der Waals surface area contributed by atoms with Gasteiger partial charge in [-0.05, 0) is 35.9 Å². The van der Waals surface area contributed by atoms with Crippen LogP contribution in [0.15, 0.2) is 64.5 Å². The fourth-order valence-electron chi connectivity index (χ4n) is 3.56. The van der Waals surface area contributed by atoms with Gasteiger partial charge in [-0.15, -0.1) is 0 Å². The van der Waals surface area contributed by atoms with Crippen molar-refractivity contribution in [3.63, 3.8) is 0 Å². The second-order valence-electron chi connectivity index (χ2n) is 7.35. The highest BCUT2D eigenvalue weighted by Crippen LogP contribution is 2.35. The maximum absolute atomic E-state index is 14.3. The van der Waals surface area contributed by atoms with Crippen LogP contribution in [0, 0.1) is 5.82 Å². The molecule has 33 heavy (non-hydrogen) atoms. The van der Waals surface area contributed by atoms with Crippen LogP contribution in [-0.2, 0) is 12.3 Å². The summed E-state index contributed by atoms with van der Waals surface area (Å²) in [6.07, 6.45) is 0. The Kier molecular flexibility index (Phi) is 5.86. The number of nitrogens with zero attached hydrogens (tertiary/aromatic N) is 2. The molecule has 0 aliphatic carbocycles. The molecule has 3 aromatic carbocycles. The lowest BCUT2D eigenvalue weighted by atomic mass is 10.2. The first kappa shape index (κ1) is 21.6. The van der Waals surface area contributed by atoms with Crippen LogP contribution in [0.25, 0.3) is 10.9 Å². The van der Waals surface area contributed by atoms with E-state index in [2.05, 4.69) is 0 Å². The predicted molar refractivity (Wildman–Crippen MR) is 125 cm³/mol. The summed E-state index contributed by atoms with van der Waals surface area (Å²) < 4.78 is 32.0.